The Morgan fingerprint density at radius 2 is 1.75 bits per heavy atom. The fourth-order valence-electron chi connectivity index (χ4n) is 2.86. The molecule has 0 radical (unpaired) electrons. The zero-order valence-corrected chi connectivity index (χ0v) is 11.8. The molecule has 0 spiro atoms. The Morgan fingerprint density at radius 1 is 1.05 bits per heavy atom. The topological polar surface area (TPSA) is 58.0 Å². The van der Waals surface area contributed by atoms with Gasteiger partial charge in [0.15, 0.2) is 0 Å². The Morgan fingerprint density at radius 3 is 2.55 bits per heavy atom. The molecule has 0 amide bonds. The minimum atomic E-state index is -0.287. The molecule has 0 bridgehead atoms. The number of aryl methyl sites for hydroxylation is 1. The number of hydrogen-bond donors (Lipinski definition) is 2. The van der Waals surface area contributed by atoms with Gasteiger partial charge in [0.2, 0.25) is 0 Å². The van der Waals surface area contributed by atoms with E-state index in [1.165, 1.54) is 6.42 Å². The van der Waals surface area contributed by atoms with Crippen LogP contribution >= 0.6 is 0 Å². The third-order valence-electron chi connectivity index (χ3n) is 4.05. The second-order valence-corrected chi connectivity index (χ2v) is 5.60. The third kappa shape index (κ3) is 2.75. The van der Waals surface area contributed by atoms with Crippen molar-refractivity contribution in [2.24, 2.45) is 0 Å². The Balaban J connectivity index is 1.87. The molecule has 20 heavy (non-hydrogen) atoms. The molecule has 4 nitrogen and oxygen atoms in total. The molecule has 0 aliphatic heterocycles. The first-order valence-corrected chi connectivity index (χ1v) is 7.42. The molecule has 0 saturated heterocycles. The molecule has 4 heteroatoms. The highest BCUT2D eigenvalue weighted by molar-refractivity contribution is 5.76. The van der Waals surface area contributed by atoms with Gasteiger partial charge in [0.05, 0.1) is 28.9 Å². The number of aliphatic hydroxyl groups is 1. The summed E-state index contributed by atoms with van der Waals surface area (Å²) >= 11 is 0. The van der Waals surface area contributed by atoms with Crippen LogP contribution in [0.4, 0.5) is 5.82 Å². The average Bonchev–Trinajstić information content (AvgIpc) is 2.65. The standard InChI is InChI=1S/C16H21N3O/c1-11-16(18-13-8-6-5-7-12(13)17-11)19-14-9-3-2-4-10-15(14)20/h5-8,14-15,20H,2-4,9-10H2,1H3,(H,18,19). The first-order chi connectivity index (χ1) is 9.74. The van der Waals surface area contributed by atoms with Crippen molar-refractivity contribution in [1.29, 1.82) is 0 Å². The molecule has 1 aromatic heterocycles. The van der Waals surface area contributed by atoms with Gasteiger partial charge in [0.25, 0.3) is 0 Å². The van der Waals surface area contributed by atoms with Gasteiger partial charge in [-0.15, -0.1) is 0 Å². The number of nitrogens with zero attached hydrogens (tertiary/aromatic N) is 2. The largest absolute Gasteiger partial charge is 0.391 e. The van der Waals surface area contributed by atoms with Crippen LogP contribution in [0, 0.1) is 6.92 Å². The summed E-state index contributed by atoms with van der Waals surface area (Å²) in [7, 11) is 0. The molecule has 2 aromatic rings. The van der Waals surface area contributed by atoms with Gasteiger partial charge >= 0.3 is 0 Å². The molecule has 1 fully saturated rings. The van der Waals surface area contributed by atoms with Gasteiger partial charge in [0.1, 0.15) is 5.82 Å². The van der Waals surface area contributed by atoms with E-state index in [1.54, 1.807) is 0 Å². The van der Waals surface area contributed by atoms with Crippen molar-refractivity contribution >= 4 is 16.9 Å². The lowest BCUT2D eigenvalue weighted by Crippen LogP contribution is -2.33. The average molecular weight is 271 g/mol. The van der Waals surface area contributed by atoms with Crippen molar-refractivity contribution in [3.63, 3.8) is 0 Å². The zero-order valence-electron chi connectivity index (χ0n) is 11.8. The van der Waals surface area contributed by atoms with E-state index in [1.807, 2.05) is 31.2 Å². The lowest BCUT2D eigenvalue weighted by Gasteiger charge is -2.23. The highest BCUT2D eigenvalue weighted by atomic mass is 16.3. The van der Waals surface area contributed by atoms with E-state index in [0.29, 0.717) is 0 Å². The quantitative estimate of drug-likeness (QED) is 0.824. The van der Waals surface area contributed by atoms with Crippen molar-refractivity contribution in [3.8, 4) is 0 Å². The number of aromatic nitrogens is 2. The maximum Gasteiger partial charge on any atom is 0.148 e. The number of para-hydroxylation sites is 2. The van der Waals surface area contributed by atoms with Crippen LogP contribution in [0.2, 0.25) is 0 Å². The highest BCUT2D eigenvalue weighted by Crippen LogP contribution is 2.23. The predicted octanol–water partition coefficient (Wildman–Crippen LogP) is 3.04. The summed E-state index contributed by atoms with van der Waals surface area (Å²) in [5, 5.41) is 13.6. The van der Waals surface area contributed by atoms with Crippen molar-refractivity contribution in [1.82, 2.24) is 9.97 Å². The third-order valence-corrected chi connectivity index (χ3v) is 4.05. The van der Waals surface area contributed by atoms with Crippen LogP contribution in [0.3, 0.4) is 0 Å². The molecular formula is C16H21N3O. The van der Waals surface area contributed by atoms with E-state index < -0.39 is 0 Å². The first kappa shape index (κ1) is 13.3. The fourth-order valence-corrected chi connectivity index (χ4v) is 2.86. The van der Waals surface area contributed by atoms with Crippen molar-refractivity contribution in [2.75, 3.05) is 5.32 Å². The summed E-state index contributed by atoms with van der Waals surface area (Å²) in [4.78, 5) is 9.23. The zero-order chi connectivity index (χ0) is 13.9. The number of benzene rings is 1. The van der Waals surface area contributed by atoms with Gasteiger partial charge < -0.3 is 10.4 Å². The Hall–Kier alpha value is -1.68. The van der Waals surface area contributed by atoms with Crippen LogP contribution in [-0.4, -0.2) is 27.2 Å². The highest BCUT2D eigenvalue weighted by Gasteiger charge is 2.22. The maximum atomic E-state index is 10.2. The monoisotopic (exact) mass is 271 g/mol. The summed E-state index contributed by atoms with van der Waals surface area (Å²) in [5.41, 5.74) is 2.70. The second-order valence-electron chi connectivity index (χ2n) is 5.60. The predicted molar refractivity (Wildman–Crippen MR) is 80.8 cm³/mol. The molecule has 2 unspecified atom stereocenters. The molecule has 1 aromatic carbocycles. The minimum absolute atomic E-state index is 0.0895. The number of rotatable bonds is 2. The molecular weight excluding hydrogens is 250 g/mol. The molecule has 3 rings (SSSR count). The van der Waals surface area contributed by atoms with Gasteiger partial charge in [0, 0.05) is 0 Å². The van der Waals surface area contributed by atoms with E-state index in [9.17, 15) is 5.11 Å². The molecule has 2 atom stereocenters. The van der Waals surface area contributed by atoms with Gasteiger partial charge in [-0.25, -0.2) is 9.97 Å². The van der Waals surface area contributed by atoms with Crippen molar-refractivity contribution in [3.05, 3.63) is 30.0 Å². The van der Waals surface area contributed by atoms with Crippen molar-refractivity contribution < 1.29 is 5.11 Å². The summed E-state index contributed by atoms with van der Waals surface area (Å²) in [6.07, 6.45) is 5.06. The van der Waals surface area contributed by atoms with E-state index in [2.05, 4.69) is 15.3 Å². The molecule has 1 aliphatic rings. The summed E-state index contributed by atoms with van der Waals surface area (Å²) < 4.78 is 0. The Labute approximate surface area is 119 Å². The number of anilines is 1. The van der Waals surface area contributed by atoms with Gasteiger partial charge in [-0.1, -0.05) is 31.4 Å². The smallest absolute Gasteiger partial charge is 0.148 e. The number of nitrogens with one attached hydrogen (secondary N) is 1. The Bertz CT molecular complexity index is 599. The van der Waals surface area contributed by atoms with Crippen LogP contribution in [0.1, 0.15) is 37.8 Å². The molecule has 1 saturated carbocycles. The summed E-state index contributed by atoms with van der Waals surface area (Å²) in [6, 6.07) is 7.97. The lowest BCUT2D eigenvalue weighted by atomic mass is 10.1. The van der Waals surface area contributed by atoms with Crippen LogP contribution < -0.4 is 5.32 Å². The number of hydrogen-bond acceptors (Lipinski definition) is 4. The lowest BCUT2D eigenvalue weighted by molar-refractivity contribution is 0.144. The molecule has 1 heterocycles. The van der Waals surface area contributed by atoms with Crippen LogP contribution in [0.15, 0.2) is 24.3 Å². The van der Waals surface area contributed by atoms with Crippen LogP contribution in [0.25, 0.3) is 11.0 Å². The van der Waals surface area contributed by atoms with E-state index in [0.717, 1.165) is 48.2 Å². The van der Waals surface area contributed by atoms with Crippen LogP contribution in [0.5, 0.6) is 0 Å². The van der Waals surface area contributed by atoms with Gasteiger partial charge in [-0.05, 0) is 31.9 Å². The molecule has 106 valence electrons. The summed E-state index contributed by atoms with van der Waals surface area (Å²) in [5.74, 6) is 0.801. The van der Waals surface area contributed by atoms with Gasteiger partial charge in [-0.2, -0.15) is 0 Å². The SMILES string of the molecule is Cc1nc2ccccc2nc1NC1CCCCCC1O. The normalized spacial score (nSPS) is 23.5. The number of fused-ring (bicyclic) bond motifs is 1. The van der Waals surface area contributed by atoms with E-state index >= 15 is 0 Å². The molecule has 2 N–H and O–H groups in total. The second kappa shape index (κ2) is 5.75. The number of aliphatic hydroxyl groups excluding tert-OH is 1. The molecule has 1 aliphatic carbocycles. The first-order valence-electron chi connectivity index (χ1n) is 7.42. The fraction of sp³-hybridized carbons (Fsp3) is 0.500. The van der Waals surface area contributed by atoms with E-state index in [-0.39, 0.29) is 12.1 Å². The summed E-state index contributed by atoms with van der Waals surface area (Å²) in [6.45, 7) is 1.96. The van der Waals surface area contributed by atoms with Gasteiger partial charge in [-0.3, -0.25) is 0 Å². The van der Waals surface area contributed by atoms with Crippen molar-refractivity contribution in [2.45, 2.75) is 51.2 Å². The maximum absolute atomic E-state index is 10.2. The minimum Gasteiger partial charge on any atom is -0.391 e. The Kier molecular flexibility index (Phi) is 3.83. The van der Waals surface area contributed by atoms with Crippen LogP contribution in [-0.2, 0) is 0 Å². The van der Waals surface area contributed by atoms with E-state index in [4.69, 9.17) is 0 Å².